The molecular weight excluding hydrogens is 352 g/mol. The molecule has 1 fully saturated rings. The van der Waals surface area contributed by atoms with E-state index in [2.05, 4.69) is 15.1 Å². The maximum atomic E-state index is 12.7. The van der Waals surface area contributed by atoms with Crippen LogP contribution in [0.2, 0.25) is 0 Å². The summed E-state index contributed by atoms with van der Waals surface area (Å²) in [6.45, 7) is 8.81. The lowest BCUT2D eigenvalue weighted by Gasteiger charge is -2.33. The molecule has 7 nitrogen and oxygen atoms in total. The first-order chi connectivity index (χ1) is 12.3. The van der Waals surface area contributed by atoms with Crippen molar-refractivity contribution in [1.29, 1.82) is 0 Å². The highest BCUT2D eigenvalue weighted by Crippen LogP contribution is 2.18. The molecule has 2 heterocycles. The summed E-state index contributed by atoms with van der Waals surface area (Å²) in [5.41, 5.74) is 1.87. The fraction of sp³-hybridized carbons (Fsp3) is 0.556. The maximum absolute atomic E-state index is 12.7. The molecule has 0 N–H and O–H groups in total. The Morgan fingerprint density at radius 2 is 1.81 bits per heavy atom. The number of rotatable bonds is 6. The van der Waals surface area contributed by atoms with Crippen LogP contribution in [0.1, 0.15) is 42.7 Å². The van der Waals surface area contributed by atoms with Gasteiger partial charge < -0.3 is 4.42 Å². The number of sulfonamides is 1. The van der Waals surface area contributed by atoms with E-state index in [1.54, 1.807) is 4.31 Å². The number of piperazine rings is 1. The van der Waals surface area contributed by atoms with Gasteiger partial charge in [-0.25, -0.2) is 8.42 Å². The first-order valence-corrected chi connectivity index (χ1v) is 10.5. The van der Waals surface area contributed by atoms with Crippen LogP contribution in [0, 0.1) is 6.92 Å². The third-order valence-corrected chi connectivity index (χ3v) is 6.49. The molecule has 1 aliphatic heterocycles. The summed E-state index contributed by atoms with van der Waals surface area (Å²) >= 11 is 0. The molecule has 1 aliphatic rings. The molecular formula is C18H26N4O3S. The fourth-order valence-electron chi connectivity index (χ4n) is 2.98. The predicted molar refractivity (Wildman–Crippen MR) is 99.0 cm³/mol. The largest absolute Gasteiger partial charge is 0.424 e. The molecule has 1 aromatic heterocycles. The molecule has 0 spiro atoms. The average Bonchev–Trinajstić information content (AvgIpc) is 3.06. The molecule has 0 amide bonds. The quantitative estimate of drug-likeness (QED) is 0.766. The van der Waals surface area contributed by atoms with E-state index in [0.29, 0.717) is 44.5 Å². The Bertz CT molecular complexity index is 840. The number of hydrogen-bond donors (Lipinski definition) is 0. The highest BCUT2D eigenvalue weighted by molar-refractivity contribution is 7.88. The standard InChI is InChI=1S/C18H26N4O3S/c1-14(2)18-20-19-17(25-18)12-21-8-10-22(11-9-21)26(23,24)13-16-7-5-4-6-15(16)3/h4-7,14H,8-13H2,1-3H3. The smallest absolute Gasteiger partial charge is 0.230 e. The summed E-state index contributed by atoms with van der Waals surface area (Å²) in [6.07, 6.45) is 0. The van der Waals surface area contributed by atoms with E-state index in [-0.39, 0.29) is 11.7 Å². The second-order valence-corrected chi connectivity index (χ2v) is 9.02. The number of nitrogens with zero attached hydrogens (tertiary/aromatic N) is 4. The van der Waals surface area contributed by atoms with Crippen molar-refractivity contribution in [1.82, 2.24) is 19.4 Å². The Hall–Kier alpha value is -1.77. The van der Waals surface area contributed by atoms with Gasteiger partial charge in [0.2, 0.25) is 21.8 Å². The Labute approximate surface area is 155 Å². The van der Waals surface area contributed by atoms with Gasteiger partial charge in [-0.15, -0.1) is 10.2 Å². The van der Waals surface area contributed by atoms with Gasteiger partial charge in [-0.1, -0.05) is 38.1 Å². The fourth-order valence-corrected chi connectivity index (χ4v) is 4.60. The zero-order valence-electron chi connectivity index (χ0n) is 15.6. The SMILES string of the molecule is Cc1ccccc1CS(=O)(=O)N1CCN(Cc2nnc(C(C)C)o2)CC1. The van der Waals surface area contributed by atoms with Crippen LogP contribution in [0.25, 0.3) is 0 Å². The summed E-state index contributed by atoms with van der Waals surface area (Å²) in [4.78, 5) is 2.15. The molecule has 2 aromatic rings. The third kappa shape index (κ3) is 4.49. The monoisotopic (exact) mass is 378 g/mol. The third-order valence-electron chi connectivity index (χ3n) is 4.66. The lowest BCUT2D eigenvalue weighted by atomic mass is 10.1. The minimum atomic E-state index is -3.31. The molecule has 0 atom stereocenters. The molecule has 0 aliphatic carbocycles. The Morgan fingerprint density at radius 1 is 1.12 bits per heavy atom. The van der Waals surface area contributed by atoms with Gasteiger partial charge in [-0.3, -0.25) is 4.90 Å². The average molecular weight is 378 g/mol. The number of hydrogen-bond acceptors (Lipinski definition) is 6. The van der Waals surface area contributed by atoms with Gasteiger partial charge in [0.25, 0.3) is 0 Å². The van der Waals surface area contributed by atoms with Gasteiger partial charge in [-0.2, -0.15) is 4.31 Å². The molecule has 1 aromatic carbocycles. The Balaban J connectivity index is 1.56. The first-order valence-electron chi connectivity index (χ1n) is 8.92. The van der Waals surface area contributed by atoms with Crippen molar-refractivity contribution >= 4 is 10.0 Å². The van der Waals surface area contributed by atoms with Crippen molar-refractivity contribution in [3.63, 3.8) is 0 Å². The van der Waals surface area contributed by atoms with E-state index in [4.69, 9.17) is 4.42 Å². The van der Waals surface area contributed by atoms with Crippen LogP contribution < -0.4 is 0 Å². The summed E-state index contributed by atoms with van der Waals surface area (Å²) in [5, 5.41) is 8.12. The van der Waals surface area contributed by atoms with Gasteiger partial charge in [0.1, 0.15) is 0 Å². The molecule has 0 bridgehead atoms. The van der Waals surface area contributed by atoms with E-state index >= 15 is 0 Å². The van der Waals surface area contributed by atoms with E-state index < -0.39 is 10.0 Å². The topological polar surface area (TPSA) is 79.5 Å². The van der Waals surface area contributed by atoms with Crippen molar-refractivity contribution < 1.29 is 12.8 Å². The van der Waals surface area contributed by atoms with Crippen molar-refractivity contribution in [3.8, 4) is 0 Å². The van der Waals surface area contributed by atoms with Crippen LogP contribution in [-0.4, -0.2) is 54.0 Å². The van der Waals surface area contributed by atoms with Crippen LogP contribution in [0.4, 0.5) is 0 Å². The molecule has 142 valence electrons. The minimum absolute atomic E-state index is 0.0566. The van der Waals surface area contributed by atoms with Crippen LogP contribution >= 0.6 is 0 Å². The van der Waals surface area contributed by atoms with E-state index in [9.17, 15) is 8.42 Å². The lowest BCUT2D eigenvalue weighted by Crippen LogP contribution is -2.48. The van der Waals surface area contributed by atoms with Gasteiger partial charge in [0, 0.05) is 32.1 Å². The summed E-state index contributed by atoms with van der Waals surface area (Å²) < 4.78 is 32.7. The van der Waals surface area contributed by atoms with Crippen molar-refractivity contribution in [2.45, 2.75) is 39.0 Å². The highest BCUT2D eigenvalue weighted by Gasteiger charge is 2.28. The zero-order chi connectivity index (χ0) is 18.7. The molecule has 8 heteroatoms. The second kappa shape index (κ2) is 7.85. The summed E-state index contributed by atoms with van der Waals surface area (Å²) in [5.74, 6) is 1.49. The van der Waals surface area contributed by atoms with Crippen LogP contribution in [-0.2, 0) is 22.3 Å². The summed E-state index contributed by atoms with van der Waals surface area (Å²) in [7, 11) is -3.31. The number of aryl methyl sites for hydroxylation is 1. The van der Waals surface area contributed by atoms with Gasteiger partial charge in [-0.05, 0) is 18.1 Å². The van der Waals surface area contributed by atoms with Crippen molar-refractivity contribution in [3.05, 3.63) is 47.2 Å². The van der Waals surface area contributed by atoms with Crippen LogP contribution in [0.3, 0.4) is 0 Å². The van der Waals surface area contributed by atoms with Crippen LogP contribution in [0.15, 0.2) is 28.7 Å². The van der Waals surface area contributed by atoms with Gasteiger partial charge in [0.05, 0.1) is 12.3 Å². The molecule has 3 rings (SSSR count). The molecule has 0 unspecified atom stereocenters. The number of aromatic nitrogens is 2. The minimum Gasteiger partial charge on any atom is -0.424 e. The van der Waals surface area contributed by atoms with Crippen molar-refractivity contribution in [2.75, 3.05) is 26.2 Å². The zero-order valence-corrected chi connectivity index (χ0v) is 16.4. The molecule has 1 saturated heterocycles. The number of benzene rings is 1. The summed E-state index contributed by atoms with van der Waals surface area (Å²) in [6, 6.07) is 7.63. The lowest BCUT2D eigenvalue weighted by molar-refractivity contribution is 0.167. The molecule has 26 heavy (non-hydrogen) atoms. The predicted octanol–water partition coefficient (Wildman–Crippen LogP) is 2.15. The highest BCUT2D eigenvalue weighted by atomic mass is 32.2. The van der Waals surface area contributed by atoms with E-state index in [1.807, 2.05) is 45.0 Å². The van der Waals surface area contributed by atoms with Crippen LogP contribution in [0.5, 0.6) is 0 Å². The maximum Gasteiger partial charge on any atom is 0.230 e. The Morgan fingerprint density at radius 3 is 2.42 bits per heavy atom. The molecule has 0 saturated carbocycles. The van der Waals surface area contributed by atoms with Gasteiger partial charge in [0.15, 0.2) is 0 Å². The van der Waals surface area contributed by atoms with E-state index in [1.165, 1.54) is 0 Å². The Kier molecular flexibility index (Phi) is 5.74. The molecule has 0 radical (unpaired) electrons. The first kappa shape index (κ1) is 19.0. The van der Waals surface area contributed by atoms with E-state index in [0.717, 1.165) is 11.1 Å². The second-order valence-electron chi connectivity index (χ2n) is 7.05. The normalized spacial score (nSPS) is 17.1. The van der Waals surface area contributed by atoms with Crippen molar-refractivity contribution in [2.24, 2.45) is 0 Å². The van der Waals surface area contributed by atoms with Gasteiger partial charge >= 0.3 is 0 Å².